The van der Waals surface area contributed by atoms with Crippen molar-refractivity contribution in [2.75, 3.05) is 18.0 Å². The van der Waals surface area contributed by atoms with Crippen molar-refractivity contribution >= 4 is 49.5 Å². The molecule has 0 bridgehead atoms. The fourth-order valence-electron chi connectivity index (χ4n) is 3.80. The molecular weight excluding hydrogens is 459 g/mol. The highest BCUT2D eigenvalue weighted by atomic mass is 35.5. The van der Waals surface area contributed by atoms with Crippen molar-refractivity contribution in [1.29, 1.82) is 0 Å². The average molecular weight is 481 g/mol. The summed E-state index contributed by atoms with van der Waals surface area (Å²) in [4.78, 5) is 7.13. The molecule has 4 nitrogen and oxygen atoms in total. The van der Waals surface area contributed by atoms with Gasteiger partial charge in [0.05, 0.1) is 25.9 Å². The van der Waals surface area contributed by atoms with Crippen LogP contribution in [0.3, 0.4) is 0 Å². The number of piperidine rings is 1. The molecule has 0 radical (unpaired) electrons. The van der Waals surface area contributed by atoms with E-state index in [1.807, 2.05) is 6.07 Å². The summed E-state index contributed by atoms with van der Waals surface area (Å²) in [7, 11) is -3.53. The number of aryl methyl sites for hydroxylation is 1. The first-order valence-corrected chi connectivity index (χ1v) is 12.9. The molecule has 8 heteroatoms. The molecule has 0 amide bonds. The fraction of sp³-hybridized carbons (Fsp3) is 0.318. The van der Waals surface area contributed by atoms with Crippen molar-refractivity contribution in [3.63, 3.8) is 0 Å². The van der Waals surface area contributed by atoms with E-state index >= 15 is 0 Å². The predicted molar refractivity (Wildman–Crippen MR) is 126 cm³/mol. The molecule has 0 unspecified atom stereocenters. The Morgan fingerprint density at radius 1 is 1.07 bits per heavy atom. The van der Waals surface area contributed by atoms with Gasteiger partial charge in [-0.25, -0.2) is 13.4 Å². The van der Waals surface area contributed by atoms with Gasteiger partial charge < -0.3 is 4.90 Å². The van der Waals surface area contributed by atoms with Crippen LogP contribution in [-0.2, 0) is 9.84 Å². The van der Waals surface area contributed by atoms with Crippen LogP contribution in [0.1, 0.15) is 24.0 Å². The molecule has 2 aromatic carbocycles. The number of hydrogen-bond donors (Lipinski definition) is 0. The molecule has 0 aliphatic carbocycles. The quantitative estimate of drug-likeness (QED) is 0.447. The zero-order valence-corrected chi connectivity index (χ0v) is 19.9. The Kier molecular flexibility index (Phi) is 6.13. The average Bonchev–Trinajstić information content (AvgIpc) is 3.22. The van der Waals surface area contributed by atoms with Crippen molar-refractivity contribution in [3.05, 3.63) is 63.0 Å². The molecule has 2 heterocycles. The first-order chi connectivity index (χ1) is 14.3. The maximum atomic E-state index is 13.1. The van der Waals surface area contributed by atoms with Crippen molar-refractivity contribution < 1.29 is 8.42 Å². The van der Waals surface area contributed by atoms with E-state index < -0.39 is 15.1 Å². The summed E-state index contributed by atoms with van der Waals surface area (Å²) in [5.41, 5.74) is 4.59. The van der Waals surface area contributed by atoms with Gasteiger partial charge in [0.15, 0.2) is 15.0 Å². The SMILES string of the molecule is Cc1cccc(-c2csc(N3CCC(S(=O)(=O)c4cccc(Cl)c4Cl)CC3)n2)c1C. The number of nitrogens with zero attached hydrogens (tertiary/aromatic N) is 2. The molecule has 1 fully saturated rings. The van der Waals surface area contributed by atoms with Crippen LogP contribution in [0.5, 0.6) is 0 Å². The molecule has 0 saturated carbocycles. The van der Waals surface area contributed by atoms with Crippen LogP contribution in [0.25, 0.3) is 11.3 Å². The van der Waals surface area contributed by atoms with Crippen LogP contribution < -0.4 is 4.90 Å². The second-order valence-corrected chi connectivity index (χ2v) is 11.4. The van der Waals surface area contributed by atoms with Crippen LogP contribution in [-0.4, -0.2) is 31.7 Å². The molecule has 30 heavy (non-hydrogen) atoms. The van der Waals surface area contributed by atoms with E-state index in [0.717, 1.165) is 16.4 Å². The molecular formula is C22H22Cl2N2O2S2. The highest BCUT2D eigenvalue weighted by Crippen LogP contribution is 2.36. The van der Waals surface area contributed by atoms with Gasteiger partial charge >= 0.3 is 0 Å². The first-order valence-electron chi connectivity index (χ1n) is 9.74. The second-order valence-electron chi connectivity index (χ2n) is 7.55. The van der Waals surface area contributed by atoms with Gasteiger partial charge in [-0.1, -0.05) is 47.5 Å². The molecule has 1 aromatic heterocycles. The molecule has 0 spiro atoms. The Bertz CT molecular complexity index is 1180. The Balaban J connectivity index is 1.50. The van der Waals surface area contributed by atoms with Crippen LogP contribution in [0, 0.1) is 13.8 Å². The lowest BCUT2D eigenvalue weighted by atomic mass is 10.0. The van der Waals surface area contributed by atoms with E-state index in [9.17, 15) is 8.42 Å². The summed E-state index contributed by atoms with van der Waals surface area (Å²) in [6.45, 7) is 5.49. The summed E-state index contributed by atoms with van der Waals surface area (Å²) in [5, 5.41) is 2.91. The van der Waals surface area contributed by atoms with Gasteiger partial charge in [-0.15, -0.1) is 11.3 Å². The summed E-state index contributed by atoms with van der Waals surface area (Å²) in [6.07, 6.45) is 1.06. The van der Waals surface area contributed by atoms with E-state index in [-0.39, 0.29) is 14.9 Å². The lowest BCUT2D eigenvalue weighted by Crippen LogP contribution is -2.39. The maximum Gasteiger partial charge on any atom is 0.185 e. The predicted octanol–water partition coefficient (Wildman–Crippen LogP) is 6.18. The largest absolute Gasteiger partial charge is 0.348 e. The summed E-state index contributed by atoms with van der Waals surface area (Å²) >= 11 is 13.8. The molecule has 1 aliphatic heterocycles. The van der Waals surface area contributed by atoms with Crippen LogP contribution in [0.15, 0.2) is 46.7 Å². The number of halogens is 2. The molecule has 158 valence electrons. The maximum absolute atomic E-state index is 13.1. The molecule has 1 aliphatic rings. The second kappa shape index (κ2) is 8.50. The third kappa shape index (κ3) is 3.98. The van der Waals surface area contributed by atoms with Gasteiger partial charge in [-0.3, -0.25) is 0 Å². The van der Waals surface area contributed by atoms with Gasteiger partial charge in [0, 0.05) is 24.0 Å². The zero-order valence-electron chi connectivity index (χ0n) is 16.7. The van der Waals surface area contributed by atoms with Gasteiger partial charge in [0.1, 0.15) is 0 Å². The highest BCUT2D eigenvalue weighted by molar-refractivity contribution is 7.92. The number of hydrogen-bond acceptors (Lipinski definition) is 5. The molecule has 4 rings (SSSR count). The Labute approximate surface area is 191 Å². The number of sulfone groups is 1. The minimum absolute atomic E-state index is 0.111. The molecule has 3 aromatic rings. The van der Waals surface area contributed by atoms with Gasteiger partial charge in [0.2, 0.25) is 0 Å². The monoisotopic (exact) mass is 480 g/mol. The molecule has 0 atom stereocenters. The third-order valence-corrected chi connectivity index (χ3v) is 9.88. The summed E-state index contributed by atoms with van der Waals surface area (Å²) < 4.78 is 26.2. The van der Waals surface area contributed by atoms with Crippen molar-refractivity contribution in [1.82, 2.24) is 4.98 Å². The minimum atomic E-state index is -3.53. The normalized spacial score (nSPS) is 15.5. The van der Waals surface area contributed by atoms with Gasteiger partial charge in [0.25, 0.3) is 0 Å². The zero-order chi connectivity index (χ0) is 21.5. The Morgan fingerprint density at radius 2 is 1.77 bits per heavy atom. The standard InChI is InChI=1S/C22H22Cl2N2O2S2/c1-14-5-3-6-17(15(14)2)19-13-29-22(25-19)26-11-9-16(10-12-26)30(27,28)20-8-4-7-18(23)21(20)24/h3-8,13,16H,9-12H2,1-2H3. The van der Waals surface area contributed by atoms with E-state index in [0.29, 0.717) is 25.9 Å². The van der Waals surface area contributed by atoms with Gasteiger partial charge in [-0.05, 0) is 49.9 Å². The fourth-order valence-corrected chi connectivity index (χ4v) is 7.18. The lowest BCUT2D eigenvalue weighted by molar-refractivity contribution is 0.529. The van der Waals surface area contributed by atoms with Crippen LogP contribution >= 0.6 is 34.5 Å². The van der Waals surface area contributed by atoms with E-state index in [1.165, 1.54) is 17.2 Å². The topological polar surface area (TPSA) is 50.3 Å². The first kappa shape index (κ1) is 21.6. The molecule has 1 saturated heterocycles. The Hall–Kier alpha value is -1.60. The highest BCUT2D eigenvalue weighted by Gasteiger charge is 2.33. The van der Waals surface area contributed by atoms with Crippen molar-refractivity contribution in [2.24, 2.45) is 0 Å². The number of rotatable bonds is 4. The summed E-state index contributed by atoms with van der Waals surface area (Å²) in [6, 6.07) is 11.0. The smallest absolute Gasteiger partial charge is 0.185 e. The van der Waals surface area contributed by atoms with Crippen molar-refractivity contribution in [2.45, 2.75) is 36.8 Å². The number of thiazole rings is 1. The minimum Gasteiger partial charge on any atom is -0.348 e. The van der Waals surface area contributed by atoms with Crippen molar-refractivity contribution in [3.8, 4) is 11.3 Å². The van der Waals surface area contributed by atoms with Crippen LogP contribution in [0.4, 0.5) is 5.13 Å². The summed E-state index contributed by atoms with van der Waals surface area (Å²) in [5.74, 6) is 0. The van der Waals surface area contributed by atoms with Crippen LogP contribution in [0.2, 0.25) is 10.0 Å². The number of aromatic nitrogens is 1. The van der Waals surface area contributed by atoms with E-state index in [1.54, 1.807) is 23.5 Å². The number of anilines is 1. The van der Waals surface area contributed by atoms with E-state index in [4.69, 9.17) is 28.2 Å². The van der Waals surface area contributed by atoms with E-state index in [2.05, 4.69) is 36.3 Å². The lowest BCUT2D eigenvalue weighted by Gasteiger charge is -2.31. The van der Waals surface area contributed by atoms with Gasteiger partial charge in [-0.2, -0.15) is 0 Å². The molecule has 0 N–H and O–H groups in total. The Morgan fingerprint density at radius 3 is 2.50 bits per heavy atom. The number of benzene rings is 2. The third-order valence-electron chi connectivity index (χ3n) is 5.75.